The summed E-state index contributed by atoms with van der Waals surface area (Å²) in [6.07, 6.45) is 11.5. The van der Waals surface area contributed by atoms with E-state index in [1.54, 1.807) is 0 Å². The fraction of sp³-hybridized carbons (Fsp3) is 0.0702. The Balaban J connectivity index is 1.10. The molecule has 0 amide bonds. The highest BCUT2D eigenvalue weighted by atomic mass is 15.0. The lowest BCUT2D eigenvalue weighted by atomic mass is 9.67. The molecule has 1 aromatic heterocycles. The summed E-state index contributed by atoms with van der Waals surface area (Å²) >= 11 is 0. The number of rotatable bonds is 5. The Bertz CT molecular complexity index is 3180. The van der Waals surface area contributed by atoms with Gasteiger partial charge in [0.1, 0.15) is 0 Å². The molecule has 3 aliphatic carbocycles. The average molecular weight is 768 g/mol. The van der Waals surface area contributed by atoms with Gasteiger partial charge in [0.2, 0.25) is 0 Å². The van der Waals surface area contributed by atoms with E-state index in [9.17, 15) is 0 Å². The lowest BCUT2D eigenvalue weighted by molar-refractivity contribution is 0.770. The molecule has 3 nitrogen and oxygen atoms in total. The minimum absolute atomic E-state index is 0.123. The van der Waals surface area contributed by atoms with Crippen LogP contribution in [0.1, 0.15) is 36.1 Å². The average Bonchev–Trinajstić information content (AvgIpc) is 3.77. The molecule has 11 rings (SSSR count). The summed E-state index contributed by atoms with van der Waals surface area (Å²) in [6.45, 7) is 4.44. The van der Waals surface area contributed by atoms with Gasteiger partial charge in [-0.1, -0.05) is 201 Å². The molecule has 0 radical (unpaired) electrons. The van der Waals surface area contributed by atoms with Crippen LogP contribution in [0.25, 0.3) is 74.1 Å². The van der Waals surface area contributed by atoms with Crippen molar-refractivity contribution in [3.63, 3.8) is 0 Å². The van der Waals surface area contributed by atoms with E-state index < -0.39 is 5.41 Å². The number of nitrogens with zero attached hydrogens (tertiary/aromatic N) is 3. The molecule has 0 fully saturated rings. The molecule has 1 unspecified atom stereocenters. The standard InChI is InChI=1S/C57H41N3/c1-3-4-24-48-47-27-13-16-30-52(47)57(50-28-14-11-25-45(50)46-26-12-15-29-51(46)57)53(48)49-36-41-31-32-43(35-44(41)33-37(49)2)56-59-54(39-20-9-6-10-21-39)58-55(60-56)42-23-17-22-40(34-42)38-18-7-5-8-19-38/h3-37H,1-2H3/b4-3-,48-24-,53-49-. The van der Waals surface area contributed by atoms with E-state index in [0.29, 0.717) is 17.5 Å². The molecule has 7 aromatic carbocycles. The largest absolute Gasteiger partial charge is 0.208 e. The summed E-state index contributed by atoms with van der Waals surface area (Å²) < 4.78 is 0. The zero-order valence-corrected chi connectivity index (χ0v) is 33.5. The number of hydrogen-bond acceptors (Lipinski definition) is 3. The van der Waals surface area contributed by atoms with Crippen LogP contribution in [0, 0.1) is 5.92 Å². The molecule has 1 atom stereocenters. The first-order chi connectivity index (χ1) is 29.6. The first-order valence-electron chi connectivity index (χ1n) is 20.8. The Morgan fingerprint density at radius 1 is 0.467 bits per heavy atom. The quantitative estimate of drug-likeness (QED) is 0.175. The normalized spacial score (nSPS) is 17.5. The zero-order chi connectivity index (χ0) is 40.2. The van der Waals surface area contributed by atoms with Crippen molar-refractivity contribution in [2.45, 2.75) is 19.3 Å². The number of aromatic nitrogens is 3. The summed E-state index contributed by atoms with van der Waals surface area (Å²) in [4.78, 5) is 15.3. The second-order valence-corrected chi connectivity index (χ2v) is 15.9. The van der Waals surface area contributed by atoms with Crippen molar-refractivity contribution in [2.24, 2.45) is 5.92 Å². The van der Waals surface area contributed by atoms with Gasteiger partial charge in [0.15, 0.2) is 17.5 Å². The lowest BCUT2D eigenvalue weighted by Crippen LogP contribution is -2.32. The highest BCUT2D eigenvalue weighted by Gasteiger charge is 2.54. The smallest absolute Gasteiger partial charge is 0.164 e. The molecule has 8 aromatic rings. The molecule has 1 heterocycles. The number of hydrogen-bond donors (Lipinski definition) is 0. The molecule has 0 saturated carbocycles. The van der Waals surface area contributed by atoms with E-state index in [-0.39, 0.29) is 5.92 Å². The van der Waals surface area contributed by atoms with Crippen molar-refractivity contribution in [3.8, 4) is 56.4 Å². The summed E-state index contributed by atoms with van der Waals surface area (Å²) in [6, 6.07) is 62.9. The van der Waals surface area contributed by atoms with Gasteiger partial charge in [0.25, 0.3) is 0 Å². The molecule has 3 heteroatoms. The van der Waals surface area contributed by atoms with Gasteiger partial charge in [-0.05, 0) is 90.7 Å². The van der Waals surface area contributed by atoms with Crippen molar-refractivity contribution >= 4 is 17.7 Å². The van der Waals surface area contributed by atoms with Crippen molar-refractivity contribution in [1.29, 1.82) is 0 Å². The summed E-state index contributed by atoms with van der Waals surface area (Å²) in [5, 5.41) is 2.36. The summed E-state index contributed by atoms with van der Waals surface area (Å²) in [5.41, 5.74) is 16.6. The van der Waals surface area contributed by atoms with Gasteiger partial charge in [0, 0.05) is 22.6 Å². The molecule has 0 saturated heterocycles. The molecule has 60 heavy (non-hydrogen) atoms. The van der Waals surface area contributed by atoms with Gasteiger partial charge in [-0.2, -0.15) is 0 Å². The van der Waals surface area contributed by atoms with E-state index in [0.717, 1.165) is 27.8 Å². The lowest BCUT2D eigenvalue weighted by Gasteiger charge is -2.34. The Morgan fingerprint density at radius 2 is 0.983 bits per heavy atom. The van der Waals surface area contributed by atoms with Crippen LogP contribution < -0.4 is 10.4 Å². The van der Waals surface area contributed by atoms with Crippen LogP contribution in [0.5, 0.6) is 0 Å². The molecular formula is C57H41N3. The van der Waals surface area contributed by atoms with Crippen molar-refractivity contribution in [3.05, 3.63) is 238 Å². The first-order valence-corrected chi connectivity index (χ1v) is 20.8. The van der Waals surface area contributed by atoms with Crippen molar-refractivity contribution in [2.75, 3.05) is 0 Å². The van der Waals surface area contributed by atoms with Gasteiger partial charge >= 0.3 is 0 Å². The van der Waals surface area contributed by atoms with Crippen LogP contribution in [-0.2, 0) is 5.41 Å². The van der Waals surface area contributed by atoms with Crippen LogP contribution in [0.4, 0.5) is 0 Å². The molecule has 0 bridgehead atoms. The number of benzene rings is 7. The minimum atomic E-state index is -0.449. The summed E-state index contributed by atoms with van der Waals surface area (Å²) in [7, 11) is 0. The Morgan fingerprint density at radius 3 is 1.63 bits per heavy atom. The molecule has 0 aliphatic heterocycles. The third-order valence-electron chi connectivity index (χ3n) is 12.4. The Hall–Kier alpha value is -7.49. The van der Waals surface area contributed by atoms with E-state index >= 15 is 0 Å². The molecule has 0 N–H and O–H groups in total. The van der Waals surface area contributed by atoms with E-state index in [4.69, 9.17) is 15.0 Å². The van der Waals surface area contributed by atoms with Crippen LogP contribution in [-0.4, -0.2) is 15.0 Å². The predicted molar refractivity (Wildman–Crippen MR) is 247 cm³/mol. The van der Waals surface area contributed by atoms with Crippen molar-refractivity contribution in [1.82, 2.24) is 15.0 Å². The van der Waals surface area contributed by atoms with Gasteiger partial charge in [-0.3, -0.25) is 0 Å². The third kappa shape index (κ3) is 5.61. The maximum atomic E-state index is 5.16. The van der Waals surface area contributed by atoms with E-state index in [1.165, 1.54) is 60.5 Å². The fourth-order valence-electron chi connectivity index (χ4n) is 9.81. The molecule has 1 spiro atoms. The maximum absolute atomic E-state index is 5.16. The molecule has 3 aliphatic rings. The van der Waals surface area contributed by atoms with E-state index in [2.05, 4.69) is 196 Å². The van der Waals surface area contributed by atoms with E-state index in [1.807, 2.05) is 24.3 Å². The first kappa shape index (κ1) is 35.7. The maximum Gasteiger partial charge on any atom is 0.164 e. The SMILES string of the molecule is C\C=C/C=C1\C(=C2/C=c3ccc(-c4nc(-c5ccccc5)nc(-c5cccc(-c6ccccc6)c5)n4)cc3=CC2C)C2(c3ccccc31)c1ccccc1-c1ccccc12. The number of allylic oxidation sites excluding steroid dienone is 6. The Kier molecular flexibility index (Phi) is 8.56. The topological polar surface area (TPSA) is 38.7 Å². The fourth-order valence-corrected chi connectivity index (χ4v) is 9.81. The predicted octanol–water partition coefficient (Wildman–Crippen LogP) is 12.0. The van der Waals surface area contributed by atoms with Gasteiger partial charge < -0.3 is 0 Å². The monoisotopic (exact) mass is 767 g/mol. The van der Waals surface area contributed by atoms with Crippen molar-refractivity contribution < 1.29 is 0 Å². The highest BCUT2D eigenvalue weighted by Crippen LogP contribution is 2.64. The second-order valence-electron chi connectivity index (χ2n) is 15.9. The third-order valence-corrected chi connectivity index (χ3v) is 12.4. The molecular weight excluding hydrogens is 727 g/mol. The second kappa shape index (κ2) is 14.4. The van der Waals surface area contributed by atoms with Crippen LogP contribution >= 0.6 is 0 Å². The van der Waals surface area contributed by atoms with Gasteiger partial charge in [0.05, 0.1) is 5.41 Å². The van der Waals surface area contributed by atoms with Crippen LogP contribution in [0.2, 0.25) is 0 Å². The zero-order valence-electron chi connectivity index (χ0n) is 33.5. The van der Waals surface area contributed by atoms with Crippen LogP contribution in [0.15, 0.2) is 205 Å². The summed E-state index contributed by atoms with van der Waals surface area (Å²) in [5.74, 6) is 2.07. The minimum Gasteiger partial charge on any atom is -0.208 e. The van der Waals surface area contributed by atoms with Crippen LogP contribution in [0.3, 0.4) is 0 Å². The Labute approximate surface area is 350 Å². The highest BCUT2D eigenvalue weighted by molar-refractivity contribution is 6.02. The number of fused-ring (bicyclic) bond motifs is 8. The van der Waals surface area contributed by atoms with Gasteiger partial charge in [-0.25, -0.2) is 15.0 Å². The molecule has 284 valence electrons. The van der Waals surface area contributed by atoms with Gasteiger partial charge in [-0.15, -0.1) is 0 Å².